The number of unbranched alkanes of at least 4 members (excludes halogenated alkanes) is 1. The van der Waals surface area contributed by atoms with Gasteiger partial charge in [-0.2, -0.15) is 0 Å². The van der Waals surface area contributed by atoms with Crippen molar-refractivity contribution in [2.24, 2.45) is 5.92 Å². The Bertz CT molecular complexity index is 1030. The number of hydrogen-bond acceptors (Lipinski definition) is 3. The lowest BCUT2D eigenvalue weighted by Crippen LogP contribution is -2.43. The Morgan fingerprint density at radius 3 is 2.74 bits per heavy atom. The van der Waals surface area contributed by atoms with Gasteiger partial charge in [0.15, 0.2) is 0 Å². The lowest BCUT2D eigenvalue weighted by atomic mass is 9.96. The number of carbonyl (C=O) groups is 1. The SMILES string of the molecule is CCCCN(C)C(=O)[C@H]1CCCN(Cc2nc3ccccc3n2-c2ccc(Br)cc2)C1. The van der Waals surface area contributed by atoms with Gasteiger partial charge in [-0.25, -0.2) is 4.98 Å². The largest absolute Gasteiger partial charge is 0.345 e. The number of benzene rings is 2. The first-order chi connectivity index (χ1) is 15.1. The van der Waals surface area contributed by atoms with Crippen LogP contribution in [0.25, 0.3) is 16.7 Å². The molecule has 4 rings (SSSR count). The van der Waals surface area contributed by atoms with Crippen molar-refractivity contribution >= 4 is 32.9 Å². The van der Waals surface area contributed by atoms with Gasteiger partial charge in [-0.05, 0) is 62.2 Å². The van der Waals surface area contributed by atoms with E-state index in [-0.39, 0.29) is 5.92 Å². The van der Waals surface area contributed by atoms with Crippen LogP contribution in [0.1, 0.15) is 38.4 Å². The van der Waals surface area contributed by atoms with Gasteiger partial charge in [0, 0.05) is 30.3 Å². The normalized spacial score (nSPS) is 17.2. The number of fused-ring (bicyclic) bond motifs is 1. The second-order valence-electron chi connectivity index (χ2n) is 8.52. The quantitative estimate of drug-likeness (QED) is 0.461. The third-order valence-electron chi connectivity index (χ3n) is 6.16. The molecule has 5 nitrogen and oxygen atoms in total. The fourth-order valence-corrected chi connectivity index (χ4v) is 4.74. The first kappa shape index (κ1) is 22.0. The maximum atomic E-state index is 12.9. The lowest BCUT2D eigenvalue weighted by Gasteiger charge is -2.33. The summed E-state index contributed by atoms with van der Waals surface area (Å²) in [6.45, 7) is 5.57. The zero-order valence-corrected chi connectivity index (χ0v) is 20.0. The van der Waals surface area contributed by atoms with Crippen LogP contribution in [0.4, 0.5) is 0 Å². The molecule has 2 heterocycles. The number of piperidine rings is 1. The number of carbonyl (C=O) groups excluding carboxylic acids is 1. The van der Waals surface area contributed by atoms with E-state index in [1.54, 1.807) is 0 Å². The molecule has 164 valence electrons. The Hall–Kier alpha value is -2.18. The number of hydrogen-bond donors (Lipinski definition) is 0. The monoisotopic (exact) mass is 482 g/mol. The maximum Gasteiger partial charge on any atom is 0.226 e. The van der Waals surface area contributed by atoms with Crippen LogP contribution in [-0.4, -0.2) is 51.9 Å². The van der Waals surface area contributed by atoms with E-state index >= 15 is 0 Å². The van der Waals surface area contributed by atoms with Crippen molar-refractivity contribution < 1.29 is 4.79 Å². The Morgan fingerprint density at radius 1 is 1.19 bits per heavy atom. The van der Waals surface area contributed by atoms with Crippen molar-refractivity contribution in [1.29, 1.82) is 0 Å². The standard InChI is InChI=1S/C25H31BrN4O/c1-3-4-15-28(2)25(31)19-8-7-16-29(17-19)18-24-27-22-9-5-6-10-23(22)30(24)21-13-11-20(26)12-14-21/h5-6,9-14,19H,3-4,7-8,15-18H2,1-2H3/t19-/m0/s1. The number of aromatic nitrogens is 2. The van der Waals surface area contributed by atoms with Crippen molar-refractivity contribution in [3.63, 3.8) is 0 Å². The Labute approximate surface area is 193 Å². The first-order valence-corrected chi connectivity index (χ1v) is 12.1. The molecule has 1 amide bonds. The van der Waals surface area contributed by atoms with E-state index in [9.17, 15) is 4.79 Å². The number of amides is 1. The summed E-state index contributed by atoms with van der Waals surface area (Å²) < 4.78 is 3.31. The molecule has 1 fully saturated rings. The summed E-state index contributed by atoms with van der Waals surface area (Å²) in [5.74, 6) is 1.40. The summed E-state index contributed by atoms with van der Waals surface area (Å²) in [4.78, 5) is 22.2. The van der Waals surface area contributed by atoms with Gasteiger partial charge >= 0.3 is 0 Å². The highest BCUT2D eigenvalue weighted by molar-refractivity contribution is 9.10. The summed E-state index contributed by atoms with van der Waals surface area (Å²) in [6.07, 6.45) is 4.21. The molecule has 1 aromatic heterocycles. The summed E-state index contributed by atoms with van der Waals surface area (Å²) in [5.41, 5.74) is 3.23. The summed E-state index contributed by atoms with van der Waals surface area (Å²) in [6, 6.07) is 16.7. The highest BCUT2D eigenvalue weighted by atomic mass is 79.9. The zero-order chi connectivity index (χ0) is 21.8. The lowest BCUT2D eigenvalue weighted by molar-refractivity contribution is -0.136. The molecule has 0 unspecified atom stereocenters. The predicted octanol–water partition coefficient (Wildman–Crippen LogP) is 5.26. The van der Waals surface area contributed by atoms with Crippen LogP contribution in [0.15, 0.2) is 53.0 Å². The fraction of sp³-hybridized carbons (Fsp3) is 0.440. The molecule has 0 N–H and O–H groups in total. The number of nitrogens with zero attached hydrogens (tertiary/aromatic N) is 4. The third kappa shape index (κ3) is 5.01. The van der Waals surface area contributed by atoms with Crippen molar-refractivity contribution in [3.8, 4) is 5.69 Å². The molecule has 6 heteroatoms. The Morgan fingerprint density at radius 2 is 1.97 bits per heavy atom. The minimum Gasteiger partial charge on any atom is -0.345 e. The van der Waals surface area contributed by atoms with Gasteiger partial charge in [-0.1, -0.05) is 41.4 Å². The van der Waals surface area contributed by atoms with Crippen LogP contribution >= 0.6 is 15.9 Å². The van der Waals surface area contributed by atoms with E-state index in [0.29, 0.717) is 5.91 Å². The highest BCUT2D eigenvalue weighted by Gasteiger charge is 2.28. The molecule has 2 aromatic carbocycles. The van der Waals surface area contributed by atoms with Gasteiger partial charge in [0.05, 0.1) is 23.5 Å². The van der Waals surface area contributed by atoms with Crippen LogP contribution in [0.2, 0.25) is 0 Å². The summed E-state index contributed by atoms with van der Waals surface area (Å²) in [7, 11) is 1.95. The van der Waals surface area contributed by atoms with Crippen LogP contribution < -0.4 is 0 Å². The van der Waals surface area contributed by atoms with E-state index in [1.807, 2.05) is 18.0 Å². The van der Waals surface area contributed by atoms with Crippen LogP contribution in [0.3, 0.4) is 0 Å². The molecule has 1 aliphatic heterocycles. The fourth-order valence-electron chi connectivity index (χ4n) is 4.48. The van der Waals surface area contributed by atoms with Gasteiger partial charge in [0.25, 0.3) is 0 Å². The third-order valence-corrected chi connectivity index (χ3v) is 6.69. The zero-order valence-electron chi connectivity index (χ0n) is 18.4. The number of imidazole rings is 1. The van der Waals surface area contributed by atoms with Crippen molar-refractivity contribution in [2.45, 2.75) is 39.2 Å². The van der Waals surface area contributed by atoms with Gasteiger partial charge < -0.3 is 4.90 Å². The number of halogens is 1. The average molecular weight is 483 g/mol. The molecule has 1 atom stereocenters. The molecule has 0 aliphatic carbocycles. The second-order valence-corrected chi connectivity index (χ2v) is 9.43. The van der Waals surface area contributed by atoms with E-state index in [1.165, 1.54) is 0 Å². The van der Waals surface area contributed by atoms with Crippen molar-refractivity contribution in [3.05, 3.63) is 58.8 Å². The van der Waals surface area contributed by atoms with Crippen LogP contribution in [-0.2, 0) is 11.3 Å². The second kappa shape index (κ2) is 9.96. The summed E-state index contributed by atoms with van der Waals surface area (Å²) in [5, 5.41) is 0. The van der Waals surface area contributed by atoms with Crippen molar-refractivity contribution in [1.82, 2.24) is 19.4 Å². The molecule has 1 aliphatic rings. The molecule has 31 heavy (non-hydrogen) atoms. The molecular weight excluding hydrogens is 452 g/mol. The minimum absolute atomic E-state index is 0.0844. The highest BCUT2D eigenvalue weighted by Crippen LogP contribution is 2.26. The summed E-state index contributed by atoms with van der Waals surface area (Å²) >= 11 is 3.53. The average Bonchev–Trinajstić information content (AvgIpc) is 3.15. The molecule has 0 bridgehead atoms. The van der Waals surface area contributed by atoms with E-state index in [4.69, 9.17) is 4.98 Å². The van der Waals surface area contributed by atoms with Gasteiger partial charge in [-0.3, -0.25) is 14.3 Å². The maximum absolute atomic E-state index is 12.9. The molecule has 0 saturated carbocycles. The van der Waals surface area contributed by atoms with Gasteiger partial charge in [-0.15, -0.1) is 0 Å². The number of para-hydroxylation sites is 2. The number of likely N-dealkylation sites (tertiary alicyclic amines) is 1. The molecular formula is C25H31BrN4O. The van der Waals surface area contributed by atoms with E-state index in [0.717, 1.165) is 78.9 Å². The van der Waals surface area contributed by atoms with Crippen molar-refractivity contribution in [2.75, 3.05) is 26.7 Å². The van der Waals surface area contributed by atoms with Crippen LogP contribution in [0.5, 0.6) is 0 Å². The molecule has 3 aromatic rings. The molecule has 0 radical (unpaired) electrons. The smallest absolute Gasteiger partial charge is 0.226 e. The van der Waals surface area contributed by atoms with E-state index < -0.39 is 0 Å². The minimum atomic E-state index is 0.0844. The predicted molar refractivity (Wildman–Crippen MR) is 129 cm³/mol. The molecule has 1 saturated heterocycles. The van der Waals surface area contributed by atoms with Crippen LogP contribution in [0, 0.1) is 5.92 Å². The van der Waals surface area contributed by atoms with E-state index in [2.05, 4.69) is 74.8 Å². The topological polar surface area (TPSA) is 41.4 Å². The number of rotatable bonds is 7. The van der Waals surface area contributed by atoms with Gasteiger partial charge in [0.1, 0.15) is 5.82 Å². The van der Waals surface area contributed by atoms with Gasteiger partial charge in [0.2, 0.25) is 5.91 Å². The Balaban J connectivity index is 1.56. The molecule has 0 spiro atoms. The first-order valence-electron chi connectivity index (χ1n) is 11.3. The Kier molecular flexibility index (Phi) is 7.08.